The van der Waals surface area contributed by atoms with Crippen molar-refractivity contribution in [1.29, 1.82) is 0 Å². The minimum absolute atomic E-state index is 0.805. The highest BCUT2D eigenvalue weighted by atomic mass is 127. The van der Waals surface area contributed by atoms with Crippen LogP contribution in [0.25, 0.3) is 0 Å². The summed E-state index contributed by atoms with van der Waals surface area (Å²) in [4.78, 5) is 0. The summed E-state index contributed by atoms with van der Waals surface area (Å²) in [5.41, 5.74) is 0. The average Bonchev–Trinajstić information content (AvgIpc) is 1.97. The van der Waals surface area contributed by atoms with Gasteiger partial charge in [0.15, 0.2) is 3.07 Å². The van der Waals surface area contributed by atoms with E-state index in [1.54, 1.807) is 0 Å². The predicted molar refractivity (Wildman–Crippen MR) is 73.2 cm³/mol. The summed E-state index contributed by atoms with van der Waals surface area (Å²) in [5, 5.41) is 0. The molecule has 0 nitrogen and oxygen atoms in total. The van der Waals surface area contributed by atoms with Crippen molar-refractivity contribution in [1.82, 2.24) is 0 Å². The van der Waals surface area contributed by atoms with Crippen molar-refractivity contribution in [2.75, 3.05) is 0 Å². The number of halogens is 2. The monoisotopic (exact) mass is 396 g/mol. The van der Waals surface area contributed by atoms with E-state index in [1.165, 1.54) is 37.8 Å². The molecule has 0 amide bonds. The lowest BCUT2D eigenvalue weighted by Crippen LogP contribution is -2.15. The zero-order valence-corrected chi connectivity index (χ0v) is 12.8. The fourth-order valence-corrected chi connectivity index (χ4v) is 7.56. The molecule has 0 N–H and O–H groups in total. The summed E-state index contributed by atoms with van der Waals surface area (Å²) < 4.78 is -0.805. The van der Waals surface area contributed by atoms with Crippen molar-refractivity contribution in [2.45, 2.75) is 51.6 Å². The first-order valence-electron chi connectivity index (χ1n) is 4.50. The second-order valence-corrected chi connectivity index (χ2v) is 24.4. The van der Waals surface area contributed by atoms with E-state index in [2.05, 4.69) is 57.4 Å². The summed E-state index contributed by atoms with van der Waals surface area (Å²) in [5.74, 6) is 0. The van der Waals surface area contributed by atoms with Crippen LogP contribution in [-0.4, -0.2) is 3.07 Å². The lowest BCUT2D eigenvalue weighted by Gasteiger charge is -2.16. The lowest BCUT2D eigenvalue weighted by molar-refractivity contribution is 0.849. The van der Waals surface area contributed by atoms with E-state index < -0.39 is 3.07 Å². The van der Waals surface area contributed by atoms with Crippen LogP contribution < -0.4 is 0 Å². The molecule has 0 aromatic heterocycles. The highest BCUT2D eigenvalue weighted by Gasteiger charge is 2.23. The maximum Gasteiger partial charge on any atom is 0.192 e. The van der Waals surface area contributed by atoms with Crippen LogP contribution in [0, 0.1) is 0 Å². The normalized spacial score (nSPS) is 12.0. The summed E-state index contributed by atoms with van der Waals surface area (Å²) >= 11 is 5.50. The standard InChI is InChI=1S/C8H18I2Si/c1-3-5-7-11(9,10)8-6-4-2/h3-8H2,1-2H3. The van der Waals surface area contributed by atoms with Gasteiger partial charge < -0.3 is 0 Å². The molecule has 0 unspecified atom stereocenters. The fourth-order valence-electron chi connectivity index (χ4n) is 0.996. The first kappa shape index (κ1) is 12.7. The van der Waals surface area contributed by atoms with E-state index in [1.807, 2.05) is 0 Å². The quantitative estimate of drug-likeness (QED) is 0.341. The second kappa shape index (κ2) is 7.12. The van der Waals surface area contributed by atoms with Gasteiger partial charge in [0, 0.05) is 0 Å². The van der Waals surface area contributed by atoms with Crippen LogP contribution in [0.5, 0.6) is 0 Å². The van der Waals surface area contributed by atoms with Gasteiger partial charge in [0.05, 0.1) is 0 Å². The van der Waals surface area contributed by atoms with E-state index in [0.29, 0.717) is 0 Å². The fraction of sp³-hybridized carbons (Fsp3) is 1.00. The molecular formula is C8H18I2Si. The van der Waals surface area contributed by atoms with E-state index >= 15 is 0 Å². The molecule has 11 heavy (non-hydrogen) atoms. The van der Waals surface area contributed by atoms with E-state index in [4.69, 9.17) is 0 Å². The Labute approximate surface area is 97.3 Å². The van der Waals surface area contributed by atoms with E-state index in [9.17, 15) is 0 Å². The number of rotatable bonds is 6. The van der Waals surface area contributed by atoms with Crippen LogP contribution in [0.1, 0.15) is 39.5 Å². The number of unbranched alkanes of at least 4 members (excludes halogenated alkanes) is 2. The smallest absolute Gasteiger partial charge is 0.105 e. The molecule has 3 heteroatoms. The Morgan fingerprint density at radius 1 is 0.909 bits per heavy atom. The molecule has 0 spiro atoms. The molecule has 0 radical (unpaired) electrons. The Morgan fingerprint density at radius 2 is 1.27 bits per heavy atom. The molecule has 0 aliphatic rings. The second-order valence-electron chi connectivity index (χ2n) is 3.06. The van der Waals surface area contributed by atoms with Crippen molar-refractivity contribution < 1.29 is 0 Å². The van der Waals surface area contributed by atoms with Gasteiger partial charge in [-0.25, -0.2) is 0 Å². The zero-order valence-electron chi connectivity index (χ0n) is 7.50. The SMILES string of the molecule is CCCC[Si](I)(I)CCCC. The van der Waals surface area contributed by atoms with Crippen LogP contribution in [0.3, 0.4) is 0 Å². The predicted octanol–water partition coefficient (Wildman–Crippen LogP) is 4.90. The molecule has 0 aliphatic carbocycles. The van der Waals surface area contributed by atoms with Crippen LogP contribution in [0.15, 0.2) is 0 Å². The summed E-state index contributed by atoms with van der Waals surface area (Å²) in [6, 6.07) is 3.04. The highest BCUT2D eigenvalue weighted by molar-refractivity contribution is 14.3. The van der Waals surface area contributed by atoms with E-state index in [-0.39, 0.29) is 0 Å². The van der Waals surface area contributed by atoms with Gasteiger partial charge in [-0.05, 0) is 12.1 Å². The van der Waals surface area contributed by atoms with E-state index in [0.717, 1.165) is 0 Å². The van der Waals surface area contributed by atoms with Gasteiger partial charge in [-0.15, -0.1) is 43.6 Å². The molecule has 68 valence electrons. The lowest BCUT2D eigenvalue weighted by atomic mass is 10.4. The molecule has 0 aliphatic heterocycles. The molecule has 0 heterocycles. The zero-order chi connectivity index (χ0) is 8.74. The Balaban J connectivity index is 3.43. The largest absolute Gasteiger partial charge is 0.192 e. The maximum atomic E-state index is 2.75. The van der Waals surface area contributed by atoms with Gasteiger partial charge in [0.2, 0.25) is 0 Å². The molecule has 0 bridgehead atoms. The Morgan fingerprint density at radius 3 is 1.55 bits per heavy atom. The summed E-state index contributed by atoms with van der Waals surface area (Å²) in [6.07, 6.45) is 5.63. The van der Waals surface area contributed by atoms with Crippen LogP contribution in [0.4, 0.5) is 0 Å². The molecule has 0 saturated carbocycles. The third-order valence-electron chi connectivity index (χ3n) is 1.79. The highest BCUT2D eigenvalue weighted by Crippen LogP contribution is 2.34. The maximum absolute atomic E-state index is 2.75. The molecule has 0 aromatic carbocycles. The van der Waals surface area contributed by atoms with Crippen molar-refractivity contribution in [3.63, 3.8) is 0 Å². The average molecular weight is 396 g/mol. The summed E-state index contributed by atoms with van der Waals surface area (Å²) in [6.45, 7) is 4.58. The minimum Gasteiger partial charge on any atom is -0.105 e. The molecule has 0 aromatic rings. The van der Waals surface area contributed by atoms with Crippen molar-refractivity contribution in [3.8, 4) is 0 Å². The Bertz CT molecular complexity index is 84.1. The third kappa shape index (κ3) is 8.02. The van der Waals surface area contributed by atoms with Gasteiger partial charge in [-0.1, -0.05) is 39.5 Å². The van der Waals surface area contributed by atoms with Crippen LogP contribution in [-0.2, 0) is 0 Å². The Kier molecular flexibility index (Phi) is 8.20. The minimum atomic E-state index is -0.805. The van der Waals surface area contributed by atoms with Crippen LogP contribution in [0.2, 0.25) is 12.1 Å². The Hall–Kier alpha value is 1.68. The van der Waals surface area contributed by atoms with Gasteiger partial charge in [0.25, 0.3) is 0 Å². The molecular weight excluding hydrogens is 378 g/mol. The van der Waals surface area contributed by atoms with Gasteiger partial charge in [0.1, 0.15) is 0 Å². The van der Waals surface area contributed by atoms with Gasteiger partial charge in [-0.2, -0.15) is 0 Å². The first-order chi connectivity index (χ1) is 5.12. The topological polar surface area (TPSA) is 0 Å². The van der Waals surface area contributed by atoms with Gasteiger partial charge >= 0.3 is 0 Å². The van der Waals surface area contributed by atoms with Gasteiger partial charge in [-0.3, -0.25) is 0 Å². The summed E-state index contributed by atoms with van der Waals surface area (Å²) in [7, 11) is 0. The third-order valence-corrected chi connectivity index (χ3v) is 10.4. The van der Waals surface area contributed by atoms with Crippen molar-refractivity contribution in [2.24, 2.45) is 0 Å². The molecule has 0 fully saturated rings. The van der Waals surface area contributed by atoms with Crippen LogP contribution >= 0.6 is 43.6 Å². The van der Waals surface area contributed by atoms with Crippen molar-refractivity contribution >= 4 is 46.7 Å². The first-order valence-corrected chi connectivity index (χ1v) is 13.1. The number of hydrogen-bond donors (Lipinski definition) is 0. The van der Waals surface area contributed by atoms with Crippen molar-refractivity contribution in [3.05, 3.63) is 0 Å². The number of hydrogen-bond acceptors (Lipinski definition) is 0. The molecule has 0 rings (SSSR count). The molecule has 0 saturated heterocycles. The molecule has 0 atom stereocenters.